The lowest BCUT2D eigenvalue weighted by atomic mass is 9.96. The molecule has 0 spiro atoms. The van der Waals surface area contributed by atoms with Crippen LogP contribution in [0.2, 0.25) is 0 Å². The molecule has 1 heterocycles. The van der Waals surface area contributed by atoms with Crippen molar-refractivity contribution in [3.63, 3.8) is 0 Å². The summed E-state index contributed by atoms with van der Waals surface area (Å²) in [5, 5.41) is 1.17. The van der Waals surface area contributed by atoms with Gasteiger partial charge in [0.15, 0.2) is 5.78 Å². The second kappa shape index (κ2) is 8.10. The van der Waals surface area contributed by atoms with Crippen LogP contribution >= 0.6 is 7.60 Å². The summed E-state index contributed by atoms with van der Waals surface area (Å²) in [6, 6.07) is 22.7. The number of rotatable bonds is 6. The lowest BCUT2D eigenvalue weighted by Gasteiger charge is -2.20. The largest absolute Gasteiger partial charge is 0.363 e. The fraction of sp³-hybridized carbons (Fsp3) is 0.154. The molecule has 0 aliphatic heterocycles. The van der Waals surface area contributed by atoms with Crippen LogP contribution in [0.4, 0.5) is 0 Å². The Bertz CT molecular complexity index is 1390. The van der Waals surface area contributed by atoms with Crippen molar-refractivity contribution in [2.75, 3.05) is 13.2 Å². The first-order chi connectivity index (χ1) is 15.6. The molecule has 4 aromatic rings. The number of aromatic nitrogens is 1. The smallest absolute Gasteiger partial charge is 0.305 e. The molecule has 0 saturated heterocycles. The highest BCUT2D eigenvalue weighted by atomic mass is 31.2. The number of fused-ring (bicyclic) bond motifs is 5. The van der Waals surface area contributed by atoms with E-state index in [0.717, 1.165) is 22.1 Å². The first-order valence-electron chi connectivity index (χ1n) is 10.6. The Morgan fingerprint density at radius 1 is 0.781 bits per heavy atom. The fourth-order valence-corrected chi connectivity index (χ4v) is 6.08. The summed E-state index contributed by atoms with van der Waals surface area (Å²) in [7, 11) is -3.60. The lowest BCUT2D eigenvalue weighted by molar-refractivity contribution is 0.104. The van der Waals surface area contributed by atoms with Gasteiger partial charge in [-0.1, -0.05) is 66.7 Å². The number of carbonyl (C=O) groups excluding carboxylic acids is 1. The van der Waals surface area contributed by atoms with Gasteiger partial charge in [0.25, 0.3) is 0 Å². The minimum Gasteiger partial charge on any atom is -0.305 e. The number of para-hydroxylation sites is 1. The molecular weight excluding hydrogens is 421 g/mol. The average molecular weight is 443 g/mol. The topological polar surface area (TPSA) is 65.5 Å². The summed E-state index contributed by atoms with van der Waals surface area (Å²) < 4.78 is 25.0. The van der Waals surface area contributed by atoms with Crippen molar-refractivity contribution in [3.8, 4) is 22.4 Å². The third kappa shape index (κ3) is 3.13. The van der Waals surface area contributed by atoms with Gasteiger partial charge in [-0.3, -0.25) is 9.36 Å². The van der Waals surface area contributed by atoms with Crippen LogP contribution in [0.15, 0.2) is 72.8 Å². The van der Waals surface area contributed by atoms with Crippen LogP contribution in [-0.2, 0) is 13.6 Å². The second-order valence-electron chi connectivity index (χ2n) is 7.46. The zero-order chi connectivity index (χ0) is 22.3. The number of nitrogens with zero attached hydrogens (tertiary/aromatic N) is 1. The van der Waals surface area contributed by atoms with E-state index in [2.05, 4.69) is 0 Å². The maximum atomic E-state index is 13.7. The summed E-state index contributed by atoms with van der Waals surface area (Å²) in [5.41, 5.74) is 4.82. The van der Waals surface area contributed by atoms with E-state index < -0.39 is 7.60 Å². The molecule has 1 aliphatic carbocycles. The van der Waals surface area contributed by atoms with Gasteiger partial charge < -0.3 is 9.05 Å². The molecule has 0 radical (unpaired) electrons. The van der Waals surface area contributed by atoms with Crippen LogP contribution in [0.1, 0.15) is 29.8 Å². The fourth-order valence-electron chi connectivity index (χ4n) is 4.35. The maximum absolute atomic E-state index is 13.7. The van der Waals surface area contributed by atoms with Gasteiger partial charge in [-0.05, 0) is 25.5 Å². The predicted octanol–water partition coefficient (Wildman–Crippen LogP) is 6.00. The zero-order valence-corrected chi connectivity index (χ0v) is 18.8. The molecule has 32 heavy (non-hydrogen) atoms. The first-order valence-corrected chi connectivity index (χ1v) is 12.2. The van der Waals surface area contributed by atoms with Crippen LogP contribution in [-0.4, -0.2) is 24.0 Å². The van der Waals surface area contributed by atoms with E-state index in [1.54, 1.807) is 19.9 Å². The van der Waals surface area contributed by atoms with Gasteiger partial charge in [0.1, 0.15) is 0 Å². The minimum absolute atomic E-state index is 0.0490. The van der Waals surface area contributed by atoms with Gasteiger partial charge in [-0.25, -0.2) is 4.98 Å². The Balaban J connectivity index is 1.92. The summed E-state index contributed by atoms with van der Waals surface area (Å²) in [6.07, 6.45) is 0. The molecular formula is C26H22NO4P. The molecule has 160 valence electrons. The normalized spacial score (nSPS) is 12.8. The van der Waals surface area contributed by atoms with Gasteiger partial charge in [0.05, 0.1) is 35.3 Å². The van der Waals surface area contributed by atoms with E-state index in [0.29, 0.717) is 27.6 Å². The molecule has 0 atom stereocenters. The van der Waals surface area contributed by atoms with E-state index in [4.69, 9.17) is 14.0 Å². The molecule has 1 aliphatic rings. The highest BCUT2D eigenvalue weighted by molar-refractivity contribution is 7.62. The molecule has 5 nitrogen and oxygen atoms in total. The Morgan fingerprint density at radius 2 is 1.44 bits per heavy atom. The van der Waals surface area contributed by atoms with Gasteiger partial charge in [0, 0.05) is 22.1 Å². The molecule has 0 saturated carbocycles. The Hall–Kier alpha value is -3.11. The number of ketones is 1. The van der Waals surface area contributed by atoms with Gasteiger partial charge in [-0.2, -0.15) is 0 Å². The zero-order valence-electron chi connectivity index (χ0n) is 17.9. The van der Waals surface area contributed by atoms with Crippen LogP contribution in [0, 0.1) is 0 Å². The number of carbonyl (C=O) groups is 1. The number of hydrogen-bond acceptors (Lipinski definition) is 5. The van der Waals surface area contributed by atoms with Gasteiger partial charge >= 0.3 is 7.60 Å². The lowest BCUT2D eigenvalue weighted by Crippen LogP contribution is -2.14. The number of pyridine rings is 1. The predicted molar refractivity (Wildman–Crippen MR) is 127 cm³/mol. The number of hydrogen-bond donors (Lipinski definition) is 0. The van der Waals surface area contributed by atoms with E-state index in [1.165, 1.54) is 0 Å². The first kappa shape index (κ1) is 20.8. The molecule has 3 aromatic carbocycles. The van der Waals surface area contributed by atoms with E-state index in [1.807, 2.05) is 66.7 Å². The maximum Gasteiger partial charge on any atom is 0.363 e. The molecule has 1 aromatic heterocycles. The Morgan fingerprint density at radius 3 is 2.12 bits per heavy atom. The summed E-state index contributed by atoms with van der Waals surface area (Å²) in [6.45, 7) is 4.05. The monoisotopic (exact) mass is 443 g/mol. The average Bonchev–Trinajstić information content (AvgIpc) is 3.12. The Kier molecular flexibility index (Phi) is 5.26. The van der Waals surface area contributed by atoms with Crippen LogP contribution in [0.3, 0.4) is 0 Å². The van der Waals surface area contributed by atoms with Crippen LogP contribution < -0.4 is 5.30 Å². The van der Waals surface area contributed by atoms with Crippen molar-refractivity contribution in [2.24, 2.45) is 0 Å². The summed E-state index contributed by atoms with van der Waals surface area (Å²) >= 11 is 0. The molecule has 5 rings (SSSR count). The van der Waals surface area contributed by atoms with Crippen molar-refractivity contribution in [3.05, 3.63) is 83.9 Å². The highest BCUT2D eigenvalue weighted by Gasteiger charge is 2.35. The molecule has 0 amide bonds. The molecule has 0 bridgehead atoms. The van der Waals surface area contributed by atoms with Gasteiger partial charge in [0.2, 0.25) is 0 Å². The molecule has 0 fully saturated rings. The molecule has 6 heteroatoms. The Labute approximate surface area is 186 Å². The van der Waals surface area contributed by atoms with Crippen molar-refractivity contribution >= 4 is 29.6 Å². The molecule has 0 N–H and O–H groups in total. The van der Waals surface area contributed by atoms with Crippen LogP contribution in [0.25, 0.3) is 33.3 Å². The van der Waals surface area contributed by atoms with Crippen molar-refractivity contribution in [2.45, 2.75) is 13.8 Å². The van der Waals surface area contributed by atoms with Crippen molar-refractivity contribution < 1.29 is 18.4 Å². The second-order valence-corrected chi connectivity index (χ2v) is 9.45. The highest BCUT2D eigenvalue weighted by Crippen LogP contribution is 2.50. The molecule has 0 unspecified atom stereocenters. The van der Waals surface area contributed by atoms with Crippen LogP contribution in [0.5, 0.6) is 0 Å². The van der Waals surface area contributed by atoms with Crippen molar-refractivity contribution in [1.29, 1.82) is 0 Å². The van der Waals surface area contributed by atoms with Gasteiger partial charge in [-0.15, -0.1) is 0 Å². The third-order valence-electron chi connectivity index (χ3n) is 5.60. The minimum atomic E-state index is -3.60. The quantitative estimate of drug-likeness (QED) is 0.301. The van der Waals surface area contributed by atoms with Crippen molar-refractivity contribution in [1.82, 2.24) is 4.98 Å². The number of benzene rings is 3. The SMILES string of the molecule is CCOP(=O)(OCC)c1cccc2c3c(c(-c4ccccc4)nc12)C(=O)c1ccccc1-3. The van der Waals surface area contributed by atoms with E-state index >= 15 is 0 Å². The summed E-state index contributed by atoms with van der Waals surface area (Å²) in [4.78, 5) is 18.4. The van der Waals surface area contributed by atoms with E-state index in [-0.39, 0.29) is 19.0 Å². The third-order valence-corrected chi connectivity index (χ3v) is 7.75. The summed E-state index contributed by atoms with van der Waals surface area (Å²) in [5.74, 6) is -0.0490. The van der Waals surface area contributed by atoms with E-state index in [9.17, 15) is 9.36 Å². The standard InChI is InChI=1S/C26H22NO4P/c1-3-30-32(29,31-4-2)21-16-10-15-20-22-18-13-8-9-14-19(18)26(28)23(22)24(27-25(20)21)17-11-6-5-7-12-17/h5-16H,3-4H2,1-2H3.